The zero-order chi connectivity index (χ0) is 25.7. The van der Waals surface area contributed by atoms with E-state index in [0.29, 0.717) is 25.4 Å². The molecule has 0 amide bonds. The molecule has 0 spiro atoms. The second-order valence-corrected chi connectivity index (χ2v) is 12.8. The van der Waals surface area contributed by atoms with E-state index >= 15 is 0 Å². The first-order chi connectivity index (χ1) is 15.7. The molecule has 0 saturated carbocycles. The summed E-state index contributed by atoms with van der Waals surface area (Å²) < 4.78 is 24.2. The number of aromatic hydroxyl groups is 2. The molecular formula is C27H42NO5P. The third kappa shape index (κ3) is 7.58. The number of benzene rings is 2. The summed E-state index contributed by atoms with van der Waals surface area (Å²) >= 11 is 0. The van der Waals surface area contributed by atoms with Crippen molar-refractivity contribution >= 4 is 7.60 Å². The van der Waals surface area contributed by atoms with E-state index in [0.717, 1.165) is 22.3 Å². The highest BCUT2D eigenvalue weighted by Gasteiger charge is 2.30. The molecule has 6 nitrogen and oxygen atoms in total. The maximum Gasteiger partial charge on any atom is 0.344 e. The lowest BCUT2D eigenvalue weighted by molar-refractivity contribution is 0.216. The van der Waals surface area contributed by atoms with E-state index in [-0.39, 0.29) is 28.9 Å². The van der Waals surface area contributed by atoms with E-state index in [1.54, 1.807) is 26.0 Å². The van der Waals surface area contributed by atoms with Crippen molar-refractivity contribution in [3.8, 4) is 11.5 Å². The summed E-state index contributed by atoms with van der Waals surface area (Å²) in [5.41, 5.74) is 3.20. The number of phenols is 2. The first kappa shape index (κ1) is 28.4. The predicted octanol–water partition coefficient (Wildman–Crippen LogP) is 6.79. The third-order valence-electron chi connectivity index (χ3n) is 5.71. The van der Waals surface area contributed by atoms with Crippen LogP contribution in [-0.2, 0) is 30.9 Å². The van der Waals surface area contributed by atoms with E-state index in [1.165, 1.54) is 0 Å². The highest BCUT2D eigenvalue weighted by atomic mass is 31.2. The van der Waals surface area contributed by atoms with Gasteiger partial charge in [-0.15, -0.1) is 0 Å². The molecule has 34 heavy (non-hydrogen) atoms. The molecule has 0 radical (unpaired) electrons. The second kappa shape index (κ2) is 11.3. The van der Waals surface area contributed by atoms with Crippen molar-refractivity contribution in [2.75, 3.05) is 19.5 Å². The maximum absolute atomic E-state index is 13.2. The standard InChI is InChI=1S/C27H42NO5P/c1-9-32-34(31,33-10-2)18-28-24(15-19-11-13-21(29)14-12-19)20-16-22(26(3,4)5)25(30)23(17-20)27(6,7)8/h11-14,16-17,24,28-30H,9-10,15,18H2,1-8H3. The molecule has 0 aromatic heterocycles. The molecule has 3 N–H and O–H groups in total. The Morgan fingerprint density at radius 3 is 1.76 bits per heavy atom. The van der Waals surface area contributed by atoms with Crippen LogP contribution in [0.1, 0.15) is 83.7 Å². The van der Waals surface area contributed by atoms with Gasteiger partial charge in [0.25, 0.3) is 0 Å². The van der Waals surface area contributed by atoms with Gasteiger partial charge < -0.3 is 19.3 Å². The van der Waals surface area contributed by atoms with Crippen LogP contribution in [0.2, 0.25) is 0 Å². The Morgan fingerprint density at radius 1 is 0.882 bits per heavy atom. The predicted molar refractivity (Wildman–Crippen MR) is 139 cm³/mol. The fraction of sp³-hybridized carbons (Fsp3) is 0.556. The molecule has 1 unspecified atom stereocenters. The Hall–Kier alpha value is -1.85. The lowest BCUT2D eigenvalue weighted by atomic mass is 9.77. The molecule has 7 heteroatoms. The Labute approximate surface area is 205 Å². The summed E-state index contributed by atoms with van der Waals surface area (Å²) in [7, 11) is -3.31. The van der Waals surface area contributed by atoms with E-state index < -0.39 is 7.60 Å². The Bertz CT molecular complexity index is 945. The number of hydrogen-bond acceptors (Lipinski definition) is 6. The van der Waals surface area contributed by atoms with E-state index in [2.05, 4.69) is 46.9 Å². The van der Waals surface area contributed by atoms with Gasteiger partial charge in [-0.1, -0.05) is 53.7 Å². The van der Waals surface area contributed by atoms with Gasteiger partial charge in [-0.2, -0.15) is 0 Å². The third-order valence-corrected chi connectivity index (χ3v) is 7.58. The van der Waals surface area contributed by atoms with Gasteiger partial charge in [0, 0.05) is 6.04 Å². The molecular weight excluding hydrogens is 449 g/mol. The van der Waals surface area contributed by atoms with Crippen molar-refractivity contribution < 1.29 is 23.8 Å². The molecule has 0 aliphatic rings. The summed E-state index contributed by atoms with van der Waals surface area (Å²) in [5, 5.41) is 24.3. The van der Waals surface area contributed by atoms with Crippen molar-refractivity contribution in [3.63, 3.8) is 0 Å². The van der Waals surface area contributed by atoms with E-state index in [4.69, 9.17) is 9.05 Å². The van der Waals surface area contributed by atoms with Crippen LogP contribution in [0.25, 0.3) is 0 Å². The van der Waals surface area contributed by atoms with Gasteiger partial charge >= 0.3 is 7.60 Å². The lowest BCUT2D eigenvalue weighted by Crippen LogP contribution is -2.27. The van der Waals surface area contributed by atoms with Crippen LogP contribution in [0.3, 0.4) is 0 Å². The van der Waals surface area contributed by atoms with Gasteiger partial charge in [-0.05, 0) is 77.6 Å². The SMILES string of the molecule is CCOP(=O)(CNC(Cc1ccc(O)cc1)c1cc(C(C)(C)C)c(O)c(C(C)(C)C)c1)OCC. The molecule has 2 aromatic rings. The smallest absolute Gasteiger partial charge is 0.344 e. The molecule has 0 fully saturated rings. The van der Waals surface area contributed by atoms with Crippen LogP contribution in [0.5, 0.6) is 11.5 Å². The molecule has 1 atom stereocenters. The van der Waals surface area contributed by atoms with E-state index in [1.807, 2.05) is 24.3 Å². The summed E-state index contributed by atoms with van der Waals surface area (Å²) in [5.74, 6) is 0.529. The molecule has 0 aliphatic heterocycles. The summed E-state index contributed by atoms with van der Waals surface area (Å²) in [6.45, 7) is 16.7. The van der Waals surface area contributed by atoms with Crippen molar-refractivity contribution in [2.45, 2.75) is 78.7 Å². The first-order valence-electron chi connectivity index (χ1n) is 12.0. The highest BCUT2D eigenvalue weighted by molar-refractivity contribution is 7.53. The Kier molecular flexibility index (Phi) is 9.40. The van der Waals surface area contributed by atoms with Gasteiger partial charge in [-0.25, -0.2) is 0 Å². The number of nitrogens with one attached hydrogen (secondary N) is 1. The zero-order valence-electron chi connectivity index (χ0n) is 21.9. The normalized spacial score (nSPS) is 13.8. The van der Waals surface area contributed by atoms with Crippen molar-refractivity contribution in [1.29, 1.82) is 0 Å². The largest absolute Gasteiger partial charge is 0.508 e. The van der Waals surface area contributed by atoms with Crippen LogP contribution in [0.4, 0.5) is 0 Å². The van der Waals surface area contributed by atoms with Crippen molar-refractivity contribution in [1.82, 2.24) is 5.32 Å². The van der Waals surface area contributed by atoms with Crippen molar-refractivity contribution in [3.05, 3.63) is 58.7 Å². The van der Waals surface area contributed by atoms with Crippen LogP contribution in [-0.4, -0.2) is 29.7 Å². The fourth-order valence-corrected chi connectivity index (χ4v) is 5.41. The minimum Gasteiger partial charge on any atom is -0.508 e. The number of phenolic OH excluding ortho intramolecular Hbond substituents is 2. The van der Waals surface area contributed by atoms with Crippen LogP contribution in [0, 0.1) is 0 Å². The quantitative estimate of drug-likeness (QED) is 0.317. The second-order valence-electron chi connectivity index (χ2n) is 10.7. The van der Waals surface area contributed by atoms with Gasteiger partial charge in [0.05, 0.1) is 19.5 Å². The lowest BCUT2D eigenvalue weighted by Gasteiger charge is -2.31. The number of rotatable bonds is 10. The number of hydrogen-bond donors (Lipinski definition) is 3. The molecule has 2 aromatic carbocycles. The van der Waals surface area contributed by atoms with Gasteiger partial charge in [-0.3, -0.25) is 9.88 Å². The average Bonchev–Trinajstić information content (AvgIpc) is 2.71. The fourth-order valence-electron chi connectivity index (χ4n) is 3.92. The summed E-state index contributed by atoms with van der Waals surface area (Å²) in [6.07, 6.45) is 0.657. The average molecular weight is 492 g/mol. The topological polar surface area (TPSA) is 88.0 Å². The highest BCUT2D eigenvalue weighted by Crippen LogP contribution is 2.48. The van der Waals surface area contributed by atoms with Crippen LogP contribution >= 0.6 is 7.60 Å². The maximum atomic E-state index is 13.2. The monoisotopic (exact) mass is 491 g/mol. The molecule has 0 bridgehead atoms. The van der Waals surface area contributed by atoms with Crippen LogP contribution < -0.4 is 5.32 Å². The summed E-state index contributed by atoms with van der Waals surface area (Å²) in [6, 6.07) is 10.9. The van der Waals surface area contributed by atoms with Gasteiger partial charge in [0.1, 0.15) is 11.5 Å². The first-order valence-corrected chi connectivity index (χ1v) is 13.7. The van der Waals surface area contributed by atoms with E-state index in [9.17, 15) is 14.8 Å². The molecule has 2 rings (SSSR count). The zero-order valence-corrected chi connectivity index (χ0v) is 22.8. The Balaban J connectivity index is 2.58. The minimum absolute atomic E-state index is 0.0635. The molecule has 0 aliphatic carbocycles. The minimum atomic E-state index is -3.31. The summed E-state index contributed by atoms with van der Waals surface area (Å²) in [4.78, 5) is 0. The molecule has 190 valence electrons. The Morgan fingerprint density at radius 2 is 1.35 bits per heavy atom. The van der Waals surface area contributed by atoms with Gasteiger partial charge in [0.2, 0.25) is 0 Å². The van der Waals surface area contributed by atoms with Crippen LogP contribution in [0.15, 0.2) is 36.4 Å². The molecule has 0 saturated heterocycles. The molecule has 0 heterocycles. The van der Waals surface area contributed by atoms with Crippen molar-refractivity contribution in [2.24, 2.45) is 0 Å². The van der Waals surface area contributed by atoms with Gasteiger partial charge in [0.15, 0.2) is 0 Å².